The minimum atomic E-state index is -4.06. The van der Waals surface area contributed by atoms with Crippen molar-refractivity contribution in [1.29, 1.82) is 0 Å². The van der Waals surface area contributed by atoms with Crippen LogP contribution in [-0.4, -0.2) is 26.8 Å². The smallest absolute Gasteiger partial charge is 0.251 e. The molecule has 0 amide bonds. The van der Waals surface area contributed by atoms with Crippen LogP contribution in [0.25, 0.3) is 0 Å². The van der Waals surface area contributed by atoms with E-state index in [0.29, 0.717) is 12.2 Å². The van der Waals surface area contributed by atoms with Crippen LogP contribution in [0.1, 0.15) is 30.7 Å². The third kappa shape index (κ3) is 4.22. The molecule has 0 saturated carbocycles. The van der Waals surface area contributed by atoms with Crippen LogP contribution >= 0.6 is 22.5 Å². The molecule has 0 aromatic carbocycles. The summed E-state index contributed by atoms with van der Waals surface area (Å²) >= 11 is -1.09. The number of hydrogen-bond acceptors (Lipinski definition) is 10. The van der Waals surface area contributed by atoms with Crippen LogP contribution in [0.2, 0.25) is 0 Å². The van der Waals surface area contributed by atoms with E-state index >= 15 is 0 Å². The number of hydrogen-bond donors (Lipinski definition) is 4. The summed E-state index contributed by atoms with van der Waals surface area (Å²) in [5.41, 5.74) is 1.03. The maximum atomic E-state index is 11.8. The van der Waals surface area contributed by atoms with Crippen molar-refractivity contribution in [2.75, 3.05) is 10.6 Å². The minimum absolute atomic E-state index is 0.0677. The number of thiophene rings is 1. The molecule has 2 atom stereocenters. The van der Waals surface area contributed by atoms with E-state index in [0.717, 1.165) is 16.9 Å². The van der Waals surface area contributed by atoms with Gasteiger partial charge in [-0.2, -0.15) is 0 Å². The standard InChI is InChI=1S/C14H17N5O5S3/c1-3-8(10-4-7(2)5-24-10)16-12-13(19-26(21)18-12)17-9-6-25-14(11(9)20)27(15,22)23/h4-6,8,20H,3H2,1-2H3,(H,16,18)(H,17,19)(H2,15,22,23)/t8-,26?/m1/s1. The summed E-state index contributed by atoms with van der Waals surface area (Å²) in [5, 5.41) is 22.3. The highest BCUT2D eigenvalue weighted by atomic mass is 32.2. The number of nitrogens with two attached hydrogens (primary N) is 1. The van der Waals surface area contributed by atoms with E-state index in [1.165, 1.54) is 5.38 Å². The van der Waals surface area contributed by atoms with Crippen molar-refractivity contribution in [3.8, 4) is 5.75 Å². The summed E-state index contributed by atoms with van der Waals surface area (Å²) in [4.78, 5) is 0. The first-order valence-electron chi connectivity index (χ1n) is 7.70. The maximum Gasteiger partial charge on any atom is 0.251 e. The molecular formula is C14H17N5O5S3. The molecule has 3 aromatic heterocycles. The normalized spacial score (nSPS) is 13.6. The van der Waals surface area contributed by atoms with Crippen LogP contribution in [0, 0.1) is 6.92 Å². The monoisotopic (exact) mass is 431 g/mol. The zero-order valence-corrected chi connectivity index (χ0v) is 16.7. The van der Waals surface area contributed by atoms with Gasteiger partial charge in [-0.3, -0.25) is 0 Å². The topological polar surface area (TPSA) is 166 Å². The molecule has 146 valence electrons. The molecule has 0 bridgehead atoms. The van der Waals surface area contributed by atoms with Crippen LogP contribution in [0.4, 0.5) is 17.3 Å². The molecule has 0 aliphatic carbocycles. The summed E-state index contributed by atoms with van der Waals surface area (Å²) in [5.74, 6) is 0.460. The fourth-order valence-electron chi connectivity index (χ4n) is 2.37. The van der Waals surface area contributed by atoms with Crippen molar-refractivity contribution in [3.05, 3.63) is 29.0 Å². The first kappa shape index (κ1) is 19.6. The Hall–Kier alpha value is -2.19. The van der Waals surface area contributed by atoms with E-state index in [1.807, 2.05) is 19.9 Å². The van der Waals surface area contributed by atoms with Gasteiger partial charge in [-0.25, -0.2) is 13.6 Å². The number of aromatic hydroxyl groups is 1. The van der Waals surface area contributed by atoms with E-state index in [2.05, 4.69) is 19.4 Å². The first-order valence-corrected chi connectivity index (χ1v) is 11.2. The number of rotatable bonds is 7. The van der Waals surface area contributed by atoms with Crippen molar-refractivity contribution in [2.45, 2.75) is 30.5 Å². The van der Waals surface area contributed by atoms with E-state index in [1.54, 1.807) is 6.26 Å². The molecule has 3 rings (SSSR count). The Morgan fingerprint density at radius 3 is 2.70 bits per heavy atom. The largest absolute Gasteiger partial charge is 0.546 e. The lowest BCUT2D eigenvalue weighted by Gasteiger charge is -2.13. The maximum absolute atomic E-state index is 11.8. The SMILES string of the molecule is CC[C@@H](Nc1n[s+]([O-])nc1Nc1csc(S(N)(=O)=O)c1O)c1cc(C)co1. The molecule has 1 unspecified atom stereocenters. The van der Waals surface area contributed by atoms with Gasteiger partial charge >= 0.3 is 0 Å². The van der Waals surface area contributed by atoms with E-state index < -0.39 is 26.9 Å². The van der Waals surface area contributed by atoms with Crippen LogP contribution in [-0.2, 0) is 10.0 Å². The third-order valence-electron chi connectivity index (χ3n) is 3.62. The Morgan fingerprint density at radius 1 is 1.44 bits per heavy atom. The van der Waals surface area contributed by atoms with Crippen LogP contribution in [0.3, 0.4) is 0 Å². The molecule has 0 fully saturated rings. The molecule has 5 N–H and O–H groups in total. The van der Waals surface area contributed by atoms with Gasteiger partial charge in [-0.05, 0) is 25.0 Å². The van der Waals surface area contributed by atoms with Crippen molar-refractivity contribution in [3.63, 3.8) is 0 Å². The van der Waals surface area contributed by atoms with Gasteiger partial charge in [0.15, 0.2) is 21.1 Å². The Bertz CT molecular complexity index is 1060. The third-order valence-corrected chi connectivity index (χ3v) is 6.75. The molecule has 0 radical (unpaired) electrons. The zero-order valence-electron chi connectivity index (χ0n) is 14.3. The lowest BCUT2D eigenvalue weighted by Crippen LogP contribution is -2.11. The second-order valence-corrected chi connectivity index (χ2v) is 9.16. The zero-order chi connectivity index (χ0) is 19.8. The van der Waals surface area contributed by atoms with Crippen molar-refractivity contribution >= 4 is 49.8 Å². The van der Waals surface area contributed by atoms with E-state index in [9.17, 15) is 18.1 Å². The molecule has 10 nitrogen and oxygen atoms in total. The molecule has 0 spiro atoms. The van der Waals surface area contributed by atoms with Crippen molar-refractivity contribution in [2.24, 2.45) is 5.14 Å². The highest BCUT2D eigenvalue weighted by molar-refractivity contribution is 7.91. The quantitative estimate of drug-likeness (QED) is 0.411. The van der Waals surface area contributed by atoms with Crippen LogP contribution in [0.5, 0.6) is 5.75 Å². The molecule has 3 heterocycles. The molecule has 0 aliphatic heterocycles. The van der Waals surface area contributed by atoms with Gasteiger partial charge in [0.25, 0.3) is 10.0 Å². The van der Waals surface area contributed by atoms with Crippen molar-refractivity contribution < 1.29 is 22.5 Å². The lowest BCUT2D eigenvalue weighted by atomic mass is 10.1. The van der Waals surface area contributed by atoms with Gasteiger partial charge in [0.1, 0.15) is 5.76 Å². The lowest BCUT2D eigenvalue weighted by molar-refractivity contribution is 0.466. The number of primary sulfonamides is 1. The molecule has 27 heavy (non-hydrogen) atoms. The number of aryl methyl sites for hydroxylation is 1. The van der Waals surface area contributed by atoms with Crippen molar-refractivity contribution in [1.82, 2.24) is 8.75 Å². The second-order valence-electron chi connectivity index (χ2n) is 5.70. The number of nitrogens with zero attached hydrogens (tertiary/aromatic N) is 2. The molecule has 3 aromatic rings. The summed E-state index contributed by atoms with van der Waals surface area (Å²) in [7, 11) is -4.06. The number of aromatic nitrogens is 2. The Morgan fingerprint density at radius 2 is 2.15 bits per heavy atom. The van der Waals surface area contributed by atoms with Crippen LogP contribution < -0.4 is 15.8 Å². The van der Waals surface area contributed by atoms with Gasteiger partial charge in [0.05, 0.1) is 18.0 Å². The number of anilines is 3. The fourth-order valence-corrected chi connectivity index (χ4v) is 4.67. The summed E-state index contributed by atoms with van der Waals surface area (Å²) < 4.78 is 47.5. The average molecular weight is 432 g/mol. The average Bonchev–Trinajstić information content (AvgIpc) is 3.25. The summed E-state index contributed by atoms with van der Waals surface area (Å²) in [6.07, 6.45) is 2.28. The highest BCUT2D eigenvalue weighted by Gasteiger charge is 2.25. The van der Waals surface area contributed by atoms with Crippen LogP contribution in [0.15, 0.2) is 26.3 Å². The Balaban J connectivity index is 1.87. The molecular weight excluding hydrogens is 414 g/mol. The Labute approximate surface area is 162 Å². The van der Waals surface area contributed by atoms with Gasteiger partial charge < -0.3 is 24.7 Å². The minimum Gasteiger partial charge on any atom is -0.546 e. The summed E-state index contributed by atoms with van der Waals surface area (Å²) in [6.45, 7) is 3.84. The number of furan rings is 1. The van der Waals surface area contributed by atoms with E-state index in [-0.39, 0.29) is 27.6 Å². The summed E-state index contributed by atoms with van der Waals surface area (Å²) in [6, 6.07) is 1.64. The molecule has 0 saturated heterocycles. The number of sulfonamides is 1. The highest BCUT2D eigenvalue weighted by Crippen LogP contribution is 2.40. The van der Waals surface area contributed by atoms with Gasteiger partial charge in [0, 0.05) is 14.1 Å². The van der Waals surface area contributed by atoms with Gasteiger partial charge in [-0.15, -0.1) is 11.3 Å². The van der Waals surface area contributed by atoms with Gasteiger partial charge in [-0.1, -0.05) is 6.92 Å². The van der Waals surface area contributed by atoms with Gasteiger partial charge in [0.2, 0.25) is 11.6 Å². The number of nitrogens with one attached hydrogen (secondary N) is 2. The second kappa shape index (κ2) is 7.44. The fraction of sp³-hybridized carbons (Fsp3) is 0.286. The predicted octanol–water partition coefficient (Wildman–Crippen LogP) is 2.83. The first-order chi connectivity index (χ1) is 12.7. The Kier molecular flexibility index (Phi) is 5.39. The predicted molar refractivity (Wildman–Crippen MR) is 101 cm³/mol. The molecule has 0 aliphatic rings. The molecule has 13 heteroatoms. The van der Waals surface area contributed by atoms with E-state index in [4.69, 9.17) is 9.56 Å².